The van der Waals surface area contributed by atoms with E-state index in [1.807, 2.05) is 43.3 Å². The van der Waals surface area contributed by atoms with E-state index in [2.05, 4.69) is 15.6 Å². The number of hydrogen-bond donors (Lipinski definition) is 2. The Bertz CT molecular complexity index is 639. The van der Waals surface area contributed by atoms with E-state index in [-0.39, 0.29) is 42.9 Å². The number of carbonyl (C=O) groups excluding carboxylic acids is 1. The number of amides is 1. The average Bonchev–Trinajstić information content (AvgIpc) is 2.47. The lowest BCUT2D eigenvalue weighted by molar-refractivity contribution is -0.123. The minimum Gasteiger partial charge on any atom is -0.375 e. The van der Waals surface area contributed by atoms with Crippen LogP contribution in [0.1, 0.15) is 6.92 Å². The molecule has 2 aromatic rings. The quantitative estimate of drug-likeness (QED) is 0.878. The summed E-state index contributed by atoms with van der Waals surface area (Å²) in [5.41, 5.74) is 0.867. The first-order valence-corrected chi connectivity index (χ1v) is 6.76. The van der Waals surface area contributed by atoms with Crippen LogP contribution < -0.4 is 10.6 Å². The lowest BCUT2D eigenvalue weighted by Gasteiger charge is -2.29. The molecule has 0 radical (unpaired) electrons. The number of ether oxygens (including phenoxy) is 1. The molecule has 3 rings (SSSR count). The molecule has 2 N–H and O–H groups in total. The number of para-hydroxylation sites is 1. The van der Waals surface area contributed by atoms with Gasteiger partial charge in [0, 0.05) is 11.9 Å². The fourth-order valence-corrected chi connectivity index (χ4v) is 2.37. The molecule has 0 unspecified atom stereocenters. The highest BCUT2D eigenvalue weighted by Crippen LogP contribution is 2.15. The van der Waals surface area contributed by atoms with Gasteiger partial charge in [-0.05, 0) is 25.1 Å². The van der Waals surface area contributed by atoms with Crippen LogP contribution in [0.3, 0.4) is 0 Å². The van der Waals surface area contributed by atoms with E-state index in [9.17, 15) is 4.79 Å². The van der Waals surface area contributed by atoms with Gasteiger partial charge in [0.05, 0.1) is 18.2 Å². The van der Waals surface area contributed by atoms with Gasteiger partial charge in [-0.3, -0.25) is 4.79 Å². The van der Waals surface area contributed by atoms with Gasteiger partial charge in [0.25, 0.3) is 0 Å². The zero-order valence-corrected chi connectivity index (χ0v) is 13.7. The van der Waals surface area contributed by atoms with Crippen molar-refractivity contribution in [2.75, 3.05) is 18.5 Å². The fraction of sp³-hybridized carbons (Fsp3) is 0.333. The van der Waals surface area contributed by atoms with E-state index in [0.29, 0.717) is 19.0 Å². The second-order valence-electron chi connectivity index (χ2n) is 4.89. The molecule has 1 amide bonds. The molecule has 0 saturated carbocycles. The zero-order valence-electron chi connectivity index (χ0n) is 12.1. The Morgan fingerprint density at radius 2 is 2.05 bits per heavy atom. The van der Waals surface area contributed by atoms with Crippen molar-refractivity contribution in [2.45, 2.75) is 19.1 Å². The number of halogens is 2. The summed E-state index contributed by atoms with van der Waals surface area (Å²) in [6.07, 6.45) is -0.135. The summed E-state index contributed by atoms with van der Waals surface area (Å²) in [4.78, 5) is 16.7. The van der Waals surface area contributed by atoms with Crippen LogP contribution in [0.5, 0.6) is 0 Å². The molecule has 1 aromatic heterocycles. The molecule has 0 bridgehead atoms. The van der Waals surface area contributed by atoms with Crippen LogP contribution in [0.4, 0.5) is 5.82 Å². The number of nitrogens with one attached hydrogen (secondary N) is 2. The second-order valence-corrected chi connectivity index (χ2v) is 4.89. The number of benzene rings is 1. The number of carbonyl (C=O) groups is 1. The predicted molar refractivity (Wildman–Crippen MR) is 92.1 cm³/mol. The summed E-state index contributed by atoms with van der Waals surface area (Å²) in [6, 6.07) is 11.2. The summed E-state index contributed by atoms with van der Waals surface area (Å²) >= 11 is 0. The highest BCUT2D eigenvalue weighted by Gasteiger charge is 2.28. The van der Waals surface area contributed by atoms with Crippen LogP contribution in [0.25, 0.3) is 10.9 Å². The standard InChI is InChI=1S/C15H17N3O2.2ClH/c1-10-14(16-8-9-20-10)15(19)18-13-7-6-11-4-2-3-5-12(11)17-13;;/h2-7,10,14,16H,8-9H2,1H3,(H,17,18,19);2*1H/t10-,14+;;/m1../s1. The van der Waals surface area contributed by atoms with Crippen molar-refractivity contribution in [3.8, 4) is 0 Å². The molecule has 1 aliphatic heterocycles. The van der Waals surface area contributed by atoms with Crippen LogP contribution in [-0.4, -0.2) is 36.2 Å². The highest BCUT2D eigenvalue weighted by molar-refractivity contribution is 5.95. The summed E-state index contributed by atoms with van der Waals surface area (Å²) in [7, 11) is 0. The molecular formula is C15H19Cl2N3O2. The Morgan fingerprint density at radius 1 is 1.27 bits per heavy atom. The first-order chi connectivity index (χ1) is 9.74. The minimum atomic E-state index is -0.336. The van der Waals surface area contributed by atoms with Gasteiger partial charge < -0.3 is 15.4 Å². The van der Waals surface area contributed by atoms with E-state index >= 15 is 0 Å². The molecule has 1 saturated heterocycles. The summed E-state index contributed by atoms with van der Waals surface area (Å²) < 4.78 is 5.48. The van der Waals surface area contributed by atoms with E-state index in [4.69, 9.17) is 4.74 Å². The molecule has 2 heterocycles. The highest BCUT2D eigenvalue weighted by atomic mass is 35.5. The maximum absolute atomic E-state index is 12.2. The Balaban J connectivity index is 0.00000121. The maximum atomic E-state index is 12.2. The molecule has 120 valence electrons. The Labute approximate surface area is 141 Å². The Hall–Kier alpha value is -1.40. The van der Waals surface area contributed by atoms with Gasteiger partial charge in [-0.2, -0.15) is 0 Å². The molecular weight excluding hydrogens is 325 g/mol. The van der Waals surface area contributed by atoms with Gasteiger partial charge in [-0.25, -0.2) is 4.98 Å². The maximum Gasteiger partial charge on any atom is 0.245 e. The third-order valence-corrected chi connectivity index (χ3v) is 3.45. The van der Waals surface area contributed by atoms with Crippen molar-refractivity contribution in [3.63, 3.8) is 0 Å². The Morgan fingerprint density at radius 3 is 2.82 bits per heavy atom. The SMILES string of the molecule is C[C@H]1OCCN[C@@H]1C(=O)Nc1ccc2ccccc2n1.Cl.Cl. The minimum absolute atomic E-state index is 0. The summed E-state index contributed by atoms with van der Waals surface area (Å²) in [5, 5.41) is 7.06. The van der Waals surface area contributed by atoms with Crippen LogP contribution in [0, 0.1) is 0 Å². The lowest BCUT2D eigenvalue weighted by Crippen LogP contribution is -2.53. The third-order valence-electron chi connectivity index (χ3n) is 3.45. The van der Waals surface area contributed by atoms with Crippen molar-refractivity contribution < 1.29 is 9.53 Å². The number of aromatic nitrogens is 1. The molecule has 0 aliphatic carbocycles. The van der Waals surface area contributed by atoms with E-state index < -0.39 is 0 Å². The van der Waals surface area contributed by atoms with Crippen LogP contribution >= 0.6 is 24.8 Å². The molecule has 1 aromatic carbocycles. The number of pyridine rings is 1. The number of morpholine rings is 1. The number of fused-ring (bicyclic) bond motifs is 1. The van der Waals surface area contributed by atoms with Gasteiger partial charge in [0.1, 0.15) is 11.9 Å². The smallest absolute Gasteiger partial charge is 0.245 e. The van der Waals surface area contributed by atoms with Gasteiger partial charge >= 0.3 is 0 Å². The first kappa shape index (κ1) is 18.6. The van der Waals surface area contributed by atoms with Crippen molar-refractivity contribution >= 4 is 47.4 Å². The van der Waals surface area contributed by atoms with Crippen molar-refractivity contribution in [3.05, 3.63) is 36.4 Å². The zero-order chi connectivity index (χ0) is 13.9. The number of rotatable bonds is 2. The van der Waals surface area contributed by atoms with Crippen molar-refractivity contribution in [2.24, 2.45) is 0 Å². The topological polar surface area (TPSA) is 63.2 Å². The summed E-state index contributed by atoms with van der Waals surface area (Å²) in [6.45, 7) is 3.22. The largest absolute Gasteiger partial charge is 0.375 e. The number of hydrogen-bond acceptors (Lipinski definition) is 4. The molecule has 2 atom stereocenters. The molecule has 1 fully saturated rings. The monoisotopic (exact) mass is 343 g/mol. The molecule has 22 heavy (non-hydrogen) atoms. The first-order valence-electron chi connectivity index (χ1n) is 6.76. The average molecular weight is 344 g/mol. The van der Waals surface area contributed by atoms with Crippen molar-refractivity contribution in [1.82, 2.24) is 10.3 Å². The predicted octanol–water partition coefficient (Wildman–Crippen LogP) is 2.39. The lowest BCUT2D eigenvalue weighted by atomic mass is 10.1. The second kappa shape index (κ2) is 8.29. The Kier molecular flexibility index (Phi) is 7.03. The summed E-state index contributed by atoms with van der Waals surface area (Å²) in [5.74, 6) is 0.452. The number of nitrogens with zero attached hydrogens (tertiary/aromatic N) is 1. The van der Waals surface area contributed by atoms with Crippen LogP contribution in [-0.2, 0) is 9.53 Å². The molecule has 0 spiro atoms. The van der Waals surface area contributed by atoms with Gasteiger partial charge in [0.2, 0.25) is 5.91 Å². The van der Waals surface area contributed by atoms with Gasteiger partial charge in [-0.15, -0.1) is 24.8 Å². The molecule has 7 heteroatoms. The fourth-order valence-electron chi connectivity index (χ4n) is 2.37. The third kappa shape index (κ3) is 4.08. The number of anilines is 1. The van der Waals surface area contributed by atoms with Crippen LogP contribution in [0.2, 0.25) is 0 Å². The normalized spacial score (nSPS) is 20.6. The van der Waals surface area contributed by atoms with E-state index in [1.54, 1.807) is 0 Å². The molecule has 1 aliphatic rings. The van der Waals surface area contributed by atoms with Crippen LogP contribution in [0.15, 0.2) is 36.4 Å². The van der Waals surface area contributed by atoms with Gasteiger partial charge in [-0.1, -0.05) is 18.2 Å². The molecule has 5 nitrogen and oxygen atoms in total. The van der Waals surface area contributed by atoms with Gasteiger partial charge in [0.15, 0.2) is 0 Å². The van der Waals surface area contributed by atoms with E-state index in [1.165, 1.54) is 0 Å². The van der Waals surface area contributed by atoms with Crippen molar-refractivity contribution in [1.29, 1.82) is 0 Å². The van der Waals surface area contributed by atoms with E-state index in [0.717, 1.165) is 10.9 Å².